The zero-order valence-electron chi connectivity index (χ0n) is 13.1. The van der Waals surface area contributed by atoms with Crippen molar-refractivity contribution in [1.82, 2.24) is 25.2 Å². The summed E-state index contributed by atoms with van der Waals surface area (Å²) in [5.41, 5.74) is 6.07. The maximum absolute atomic E-state index is 10.7. The van der Waals surface area contributed by atoms with Crippen LogP contribution in [0, 0.1) is 0 Å². The number of aromatic amines is 1. The standard InChI is InChI=1S/C17H17N5O2/c23-17(24)8-11-4-6-12(7-5-11)15-9-22(21-20-15)10-16-13-2-1-3-14(13)18-19-16/h4-7,9H,1-3,8,10H2,(H,18,19)(H,23,24). The fourth-order valence-electron chi connectivity index (χ4n) is 3.15. The number of aliphatic carboxylic acids is 1. The number of carboxylic acid groups (broad SMARTS) is 1. The van der Waals surface area contributed by atoms with Crippen LogP contribution in [0.5, 0.6) is 0 Å². The average Bonchev–Trinajstić information content (AvgIpc) is 3.26. The molecule has 0 unspecified atom stereocenters. The Labute approximate surface area is 138 Å². The van der Waals surface area contributed by atoms with E-state index in [9.17, 15) is 4.79 Å². The third-order valence-corrected chi connectivity index (χ3v) is 4.35. The Hall–Kier alpha value is -2.96. The Morgan fingerprint density at radius 3 is 2.88 bits per heavy atom. The van der Waals surface area contributed by atoms with E-state index in [1.54, 1.807) is 4.68 Å². The number of H-pyrrole nitrogens is 1. The van der Waals surface area contributed by atoms with E-state index in [4.69, 9.17) is 5.11 Å². The van der Waals surface area contributed by atoms with Gasteiger partial charge < -0.3 is 5.11 Å². The molecular formula is C17H17N5O2. The van der Waals surface area contributed by atoms with Crippen LogP contribution in [0.15, 0.2) is 30.5 Å². The van der Waals surface area contributed by atoms with Gasteiger partial charge in [-0.3, -0.25) is 9.89 Å². The summed E-state index contributed by atoms with van der Waals surface area (Å²) in [6, 6.07) is 7.36. The van der Waals surface area contributed by atoms with Crippen molar-refractivity contribution in [2.45, 2.75) is 32.2 Å². The number of carbonyl (C=O) groups is 1. The molecule has 1 aliphatic carbocycles. The lowest BCUT2D eigenvalue weighted by Gasteiger charge is -2.00. The summed E-state index contributed by atoms with van der Waals surface area (Å²) < 4.78 is 1.79. The second kappa shape index (κ2) is 5.92. The Balaban J connectivity index is 1.51. The first kappa shape index (κ1) is 14.6. The summed E-state index contributed by atoms with van der Waals surface area (Å²) in [6.45, 7) is 0.607. The predicted molar refractivity (Wildman–Crippen MR) is 86.5 cm³/mol. The van der Waals surface area contributed by atoms with Crippen molar-refractivity contribution in [2.24, 2.45) is 0 Å². The van der Waals surface area contributed by atoms with Gasteiger partial charge >= 0.3 is 5.97 Å². The fourth-order valence-corrected chi connectivity index (χ4v) is 3.15. The van der Waals surface area contributed by atoms with Gasteiger partial charge in [0.25, 0.3) is 0 Å². The molecule has 7 nitrogen and oxygen atoms in total. The molecule has 0 saturated carbocycles. The van der Waals surface area contributed by atoms with Crippen LogP contribution in [0.4, 0.5) is 0 Å². The molecule has 2 aromatic heterocycles. The molecule has 4 rings (SSSR count). The lowest BCUT2D eigenvalue weighted by atomic mass is 10.1. The van der Waals surface area contributed by atoms with Crippen molar-refractivity contribution in [3.05, 3.63) is 53.0 Å². The minimum atomic E-state index is -0.833. The number of hydrogen-bond donors (Lipinski definition) is 2. The lowest BCUT2D eigenvalue weighted by Crippen LogP contribution is -2.03. The van der Waals surface area contributed by atoms with Gasteiger partial charge in [-0.25, -0.2) is 4.68 Å². The van der Waals surface area contributed by atoms with Crippen LogP contribution in [-0.4, -0.2) is 36.3 Å². The first-order chi connectivity index (χ1) is 11.7. The number of nitrogens with one attached hydrogen (secondary N) is 1. The van der Waals surface area contributed by atoms with Crippen molar-refractivity contribution >= 4 is 5.97 Å². The van der Waals surface area contributed by atoms with Gasteiger partial charge in [0.1, 0.15) is 5.69 Å². The molecular weight excluding hydrogens is 306 g/mol. The highest BCUT2D eigenvalue weighted by molar-refractivity contribution is 5.70. The number of benzene rings is 1. The van der Waals surface area contributed by atoms with Gasteiger partial charge in [-0.2, -0.15) is 5.10 Å². The van der Waals surface area contributed by atoms with E-state index in [1.807, 2.05) is 30.5 Å². The summed E-state index contributed by atoms with van der Waals surface area (Å²) in [7, 11) is 0. The molecule has 0 atom stereocenters. The highest BCUT2D eigenvalue weighted by Gasteiger charge is 2.18. The number of aromatic nitrogens is 5. The number of carboxylic acids is 1. The topological polar surface area (TPSA) is 96.7 Å². The monoisotopic (exact) mass is 323 g/mol. The number of hydrogen-bond acceptors (Lipinski definition) is 4. The minimum Gasteiger partial charge on any atom is -0.481 e. The van der Waals surface area contributed by atoms with Gasteiger partial charge in [0.2, 0.25) is 0 Å². The highest BCUT2D eigenvalue weighted by Crippen LogP contribution is 2.23. The van der Waals surface area contributed by atoms with Gasteiger partial charge in [-0.05, 0) is 30.4 Å². The number of aryl methyl sites for hydroxylation is 1. The Morgan fingerprint density at radius 1 is 1.25 bits per heavy atom. The molecule has 0 aliphatic heterocycles. The molecule has 122 valence electrons. The SMILES string of the molecule is O=C(O)Cc1ccc(-c2cn(Cc3n[nH]c4c3CCC4)nn2)cc1. The largest absolute Gasteiger partial charge is 0.481 e. The molecule has 7 heteroatoms. The summed E-state index contributed by atoms with van der Waals surface area (Å²) in [4.78, 5) is 10.7. The highest BCUT2D eigenvalue weighted by atomic mass is 16.4. The van der Waals surface area contributed by atoms with Crippen LogP contribution in [0.2, 0.25) is 0 Å². The van der Waals surface area contributed by atoms with Crippen molar-refractivity contribution in [3.8, 4) is 11.3 Å². The third-order valence-electron chi connectivity index (χ3n) is 4.35. The quantitative estimate of drug-likeness (QED) is 0.746. The van der Waals surface area contributed by atoms with E-state index in [0.29, 0.717) is 6.54 Å². The summed E-state index contributed by atoms with van der Waals surface area (Å²) in [5.74, 6) is -0.833. The molecule has 1 aliphatic rings. The Bertz CT molecular complexity index is 879. The van der Waals surface area contributed by atoms with Gasteiger partial charge in [-0.15, -0.1) is 5.10 Å². The second-order valence-electron chi connectivity index (χ2n) is 6.05. The van der Waals surface area contributed by atoms with Crippen LogP contribution in [-0.2, 0) is 30.6 Å². The molecule has 24 heavy (non-hydrogen) atoms. The first-order valence-corrected chi connectivity index (χ1v) is 7.95. The predicted octanol–water partition coefficient (Wildman–Crippen LogP) is 1.83. The van der Waals surface area contributed by atoms with Gasteiger partial charge in [0.05, 0.1) is 24.9 Å². The zero-order chi connectivity index (χ0) is 16.5. The van der Waals surface area contributed by atoms with Crippen LogP contribution >= 0.6 is 0 Å². The van der Waals surface area contributed by atoms with Crippen LogP contribution in [0.25, 0.3) is 11.3 Å². The van der Waals surface area contributed by atoms with E-state index in [1.165, 1.54) is 17.7 Å². The molecule has 0 saturated heterocycles. The van der Waals surface area contributed by atoms with E-state index in [2.05, 4.69) is 20.5 Å². The van der Waals surface area contributed by atoms with Crippen molar-refractivity contribution in [2.75, 3.05) is 0 Å². The van der Waals surface area contributed by atoms with Crippen LogP contribution < -0.4 is 0 Å². The summed E-state index contributed by atoms with van der Waals surface area (Å²) in [6.07, 6.45) is 5.25. The molecule has 2 heterocycles. The minimum absolute atomic E-state index is 0.0250. The van der Waals surface area contributed by atoms with Crippen LogP contribution in [0.1, 0.15) is 28.9 Å². The van der Waals surface area contributed by atoms with Gasteiger partial charge in [0.15, 0.2) is 0 Å². The molecule has 0 spiro atoms. The zero-order valence-corrected chi connectivity index (χ0v) is 13.1. The average molecular weight is 323 g/mol. The summed E-state index contributed by atoms with van der Waals surface area (Å²) in [5, 5.41) is 24.7. The maximum Gasteiger partial charge on any atom is 0.307 e. The van der Waals surface area contributed by atoms with E-state index >= 15 is 0 Å². The Morgan fingerprint density at radius 2 is 2.08 bits per heavy atom. The molecule has 1 aromatic carbocycles. The lowest BCUT2D eigenvalue weighted by molar-refractivity contribution is -0.136. The summed E-state index contributed by atoms with van der Waals surface area (Å²) >= 11 is 0. The fraction of sp³-hybridized carbons (Fsp3) is 0.294. The molecule has 0 amide bonds. The molecule has 0 bridgehead atoms. The van der Waals surface area contributed by atoms with Gasteiger partial charge in [0, 0.05) is 11.3 Å². The smallest absolute Gasteiger partial charge is 0.307 e. The second-order valence-corrected chi connectivity index (χ2v) is 6.05. The molecule has 0 fully saturated rings. The Kier molecular flexibility index (Phi) is 3.60. The molecule has 0 radical (unpaired) electrons. The normalized spacial score (nSPS) is 13.2. The van der Waals surface area contributed by atoms with Crippen molar-refractivity contribution < 1.29 is 9.90 Å². The van der Waals surface area contributed by atoms with Crippen LogP contribution in [0.3, 0.4) is 0 Å². The number of fused-ring (bicyclic) bond motifs is 1. The third kappa shape index (κ3) is 2.80. The van der Waals surface area contributed by atoms with Crippen molar-refractivity contribution in [3.63, 3.8) is 0 Å². The number of nitrogens with zero attached hydrogens (tertiary/aromatic N) is 4. The van der Waals surface area contributed by atoms with Gasteiger partial charge in [-0.1, -0.05) is 29.5 Å². The van der Waals surface area contributed by atoms with E-state index < -0.39 is 5.97 Å². The van der Waals surface area contributed by atoms with E-state index in [-0.39, 0.29) is 6.42 Å². The molecule has 2 N–H and O–H groups in total. The van der Waals surface area contributed by atoms with Crippen molar-refractivity contribution in [1.29, 1.82) is 0 Å². The number of rotatable bonds is 5. The molecule has 3 aromatic rings. The maximum atomic E-state index is 10.7. The first-order valence-electron chi connectivity index (χ1n) is 7.95. The van der Waals surface area contributed by atoms with E-state index in [0.717, 1.165) is 35.4 Å².